The van der Waals surface area contributed by atoms with Crippen molar-refractivity contribution in [1.82, 2.24) is 4.98 Å². The Labute approximate surface area is 106 Å². The van der Waals surface area contributed by atoms with Crippen LogP contribution in [0, 0.1) is 12.7 Å². The maximum atomic E-state index is 13.3. The summed E-state index contributed by atoms with van der Waals surface area (Å²) in [7, 11) is 0. The van der Waals surface area contributed by atoms with Crippen LogP contribution in [0.25, 0.3) is 0 Å². The summed E-state index contributed by atoms with van der Waals surface area (Å²) in [5.74, 6) is -0.348. The van der Waals surface area contributed by atoms with Gasteiger partial charge in [0.05, 0.1) is 0 Å². The van der Waals surface area contributed by atoms with Gasteiger partial charge in [-0.3, -0.25) is 4.98 Å². The Morgan fingerprint density at radius 1 is 1.22 bits per heavy atom. The molecule has 1 aromatic heterocycles. The number of halogens is 1. The molecule has 0 fully saturated rings. The second kappa shape index (κ2) is 4.86. The molecule has 0 aliphatic heterocycles. The van der Waals surface area contributed by atoms with Crippen LogP contribution in [-0.2, 0) is 5.60 Å². The summed E-state index contributed by atoms with van der Waals surface area (Å²) in [5.41, 5.74) is 0.927. The molecule has 1 heterocycles. The number of pyridine rings is 1. The van der Waals surface area contributed by atoms with Crippen LogP contribution in [0.4, 0.5) is 4.39 Å². The Hall–Kier alpha value is -1.74. The molecule has 0 radical (unpaired) electrons. The number of aliphatic hydroxyl groups is 1. The molecule has 2 rings (SSSR count). The van der Waals surface area contributed by atoms with E-state index < -0.39 is 5.60 Å². The first-order chi connectivity index (χ1) is 8.56. The van der Waals surface area contributed by atoms with Crippen molar-refractivity contribution in [1.29, 1.82) is 0 Å². The maximum absolute atomic E-state index is 13.3. The minimum absolute atomic E-state index is 0.348. The van der Waals surface area contributed by atoms with Gasteiger partial charge in [-0.05, 0) is 37.1 Å². The van der Waals surface area contributed by atoms with E-state index in [1.54, 1.807) is 18.3 Å². The Morgan fingerprint density at radius 2 is 2.00 bits per heavy atom. The lowest BCUT2D eigenvalue weighted by Gasteiger charge is -2.27. The van der Waals surface area contributed by atoms with E-state index in [-0.39, 0.29) is 5.82 Å². The van der Waals surface area contributed by atoms with Crippen LogP contribution in [-0.4, -0.2) is 10.1 Å². The number of nitrogens with zero attached hydrogens (tertiary/aromatic N) is 1. The van der Waals surface area contributed by atoms with Crippen LogP contribution in [0.1, 0.15) is 30.2 Å². The van der Waals surface area contributed by atoms with Crippen LogP contribution in [0.5, 0.6) is 0 Å². The Bertz CT molecular complexity index is 538. The Morgan fingerprint density at radius 3 is 2.56 bits per heavy atom. The Kier molecular flexibility index (Phi) is 3.43. The largest absolute Gasteiger partial charge is 0.380 e. The van der Waals surface area contributed by atoms with Gasteiger partial charge in [-0.25, -0.2) is 4.39 Å². The smallest absolute Gasteiger partial charge is 0.123 e. The van der Waals surface area contributed by atoms with E-state index in [0.717, 1.165) is 5.69 Å². The highest BCUT2D eigenvalue weighted by Crippen LogP contribution is 2.32. The van der Waals surface area contributed by atoms with E-state index >= 15 is 0 Å². The first-order valence-corrected chi connectivity index (χ1v) is 5.98. The van der Waals surface area contributed by atoms with Gasteiger partial charge in [-0.15, -0.1) is 0 Å². The maximum Gasteiger partial charge on any atom is 0.123 e. The highest BCUT2D eigenvalue weighted by molar-refractivity contribution is 5.35. The number of benzene rings is 1. The molecule has 2 aromatic rings. The lowest BCUT2D eigenvalue weighted by molar-refractivity contribution is 0.0758. The quantitative estimate of drug-likeness (QED) is 0.901. The van der Waals surface area contributed by atoms with Gasteiger partial charge >= 0.3 is 0 Å². The van der Waals surface area contributed by atoms with Gasteiger partial charge in [0.25, 0.3) is 0 Å². The molecule has 0 aliphatic rings. The molecule has 0 spiro atoms. The molecular weight excluding hydrogens is 229 g/mol. The lowest BCUT2D eigenvalue weighted by Crippen LogP contribution is -2.26. The second-order valence-corrected chi connectivity index (χ2v) is 4.41. The standard InChI is InChI=1S/C15H16FNO/c1-3-15(18,12-5-4-6-14(16)9-12)13-8-7-11(2)17-10-13/h4-10,18H,3H2,1-2H3. The van der Waals surface area contributed by atoms with E-state index in [2.05, 4.69) is 4.98 Å². The van der Waals surface area contributed by atoms with Gasteiger partial charge < -0.3 is 5.11 Å². The summed E-state index contributed by atoms with van der Waals surface area (Å²) in [6, 6.07) is 9.74. The van der Waals surface area contributed by atoms with Crippen molar-refractivity contribution < 1.29 is 9.50 Å². The molecule has 0 saturated carbocycles. The van der Waals surface area contributed by atoms with Gasteiger partial charge in [-0.1, -0.05) is 25.1 Å². The molecule has 1 N–H and O–H groups in total. The molecular formula is C15H16FNO. The summed E-state index contributed by atoms with van der Waals surface area (Å²) in [6.07, 6.45) is 2.10. The van der Waals surface area contributed by atoms with Crippen LogP contribution in [0.15, 0.2) is 42.6 Å². The van der Waals surface area contributed by atoms with E-state index in [9.17, 15) is 9.50 Å². The van der Waals surface area contributed by atoms with Gasteiger partial charge in [0.15, 0.2) is 0 Å². The van der Waals surface area contributed by atoms with Crippen molar-refractivity contribution in [3.05, 3.63) is 65.2 Å². The third-order valence-electron chi connectivity index (χ3n) is 3.20. The molecule has 0 aliphatic carbocycles. The predicted molar refractivity (Wildman–Crippen MR) is 68.7 cm³/mol. The fourth-order valence-electron chi connectivity index (χ4n) is 2.03. The first kappa shape index (κ1) is 12.7. The van der Waals surface area contributed by atoms with Crippen molar-refractivity contribution in [3.8, 4) is 0 Å². The number of aromatic nitrogens is 1. The molecule has 1 atom stereocenters. The van der Waals surface area contributed by atoms with Crippen LogP contribution >= 0.6 is 0 Å². The number of hydrogen-bond acceptors (Lipinski definition) is 2. The molecule has 3 heteroatoms. The van der Waals surface area contributed by atoms with E-state index in [0.29, 0.717) is 17.5 Å². The first-order valence-electron chi connectivity index (χ1n) is 5.98. The molecule has 0 bridgehead atoms. The second-order valence-electron chi connectivity index (χ2n) is 4.41. The molecule has 1 aromatic carbocycles. The minimum Gasteiger partial charge on any atom is -0.380 e. The normalized spacial score (nSPS) is 14.2. The summed E-state index contributed by atoms with van der Waals surface area (Å²) >= 11 is 0. The van der Waals surface area contributed by atoms with Crippen molar-refractivity contribution in [2.45, 2.75) is 25.9 Å². The predicted octanol–water partition coefficient (Wildman–Crippen LogP) is 3.18. The SMILES string of the molecule is CCC(O)(c1ccc(C)nc1)c1cccc(F)c1. The van der Waals surface area contributed by atoms with Crippen molar-refractivity contribution in [2.75, 3.05) is 0 Å². The van der Waals surface area contributed by atoms with Gasteiger partial charge in [-0.2, -0.15) is 0 Å². The summed E-state index contributed by atoms with van der Waals surface area (Å²) in [4.78, 5) is 4.19. The number of aryl methyl sites for hydroxylation is 1. The van der Waals surface area contributed by atoms with Crippen LogP contribution < -0.4 is 0 Å². The molecule has 0 amide bonds. The van der Waals surface area contributed by atoms with E-state index in [4.69, 9.17) is 0 Å². The number of rotatable bonds is 3. The summed E-state index contributed by atoms with van der Waals surface area (Å²) in [6.45, 7) is 3.75. The van der Waals surface area contributed by atoms with Gasteiger partial charge in [0.1, 0.15) is 11.4 Å². The lowest BCUT2D eigenvalue weighted by atomic mass is 9.85. The van der Waals surface area contributed by atoms with Crippen molar-refractivity contribution in [2.24, 2.45) is 0 Å². The summed E-state index contributed by atoms with van der Waals surface area (Å²) in [5, 5.41) is 10.8. The fraction of sp³-hybridized carbons (Fsp3) is 0.267. The zero-order chi connectivity index (χ0) is 13.2. The van der Waals surface area contributed by atoms with Crippen LogP contribution in [0.2, 0.25) is 0 Å². The highest BCUT2D eigenvalue weighted by atomic mass is 19.1. The molecule has 94 valence electrons. The van der Waals surface area contributed by atoms with E-state index in [1.165, 1.54) is 12.1 Å². The zero-order valence-corrected chi connectivity index (χ0v) is 10.5. The molecule has 2 nitrogen and oxygen atoms in total. The van der Waals surface area contributed by atoms with Crippen LogP contribution in [0.3, 0.4) is 0 Å². The molecule has 0 saturated heterocycles. The minimum atomic E-state index is -1.19. The molecule has 18 heavy (non-hydrogen) atoms. The van der Waals surface area contributed by atoms with Gasteiger partial charge in [0, 0.05) is 17.5 Å². The Balaban J connectivity index is 2.51. The average Bonchev–Trinajstić information content (AvgIpc) is 2.38. The van der Waals surface area contributed by atoms with Crippen molar-refractivity contribution in [3.63, 3.8) is 0 Å². The third-order valence-corrected chi connectivity index (χ3v) is 3.20. The monoisotopic (exact) mass is 245 g/mol. The molecule has 1 unspecified atom stereocenters. The topological polar surface area (TPSA) is 33.1 Å². The van der Waals surface area contributed by atoms with Gasteiger partial charge in [0.2, 0.25) is 0 Å². The van der Waals surface area contributed by atoms with E-state index in [1.807, 2.05) is 26.0 Å². The summed E-state index contributed by atoms with van der Waals surface area (Å²) < 4.78 is 13.3. The highest BCUT2D eigenvalue weighted by Gasteiger charge is 2.30. The fourth-order valence-corrected chi connectivity index (χ4v) is 2.03. The zero-order valence-electron chi connectivity index (χ0n) is 10.5. The third kappa shape index (κ3) is 2.27. The van der Waals surface area contributed by atoms with Crippen molar-refractivity contribution >= 4 is 0 Å². The number of hydrogen-bond donors (Lipinski definition) is 1. The average molecular weight is 245 g/mol.